The van der Waals surface area contributed by atoms with Crippen LogP contribution in [0, 0.1) is 11.8 Å². The van der Waals surface area contributed by atoms with Crippen molar-refractivity contribution in [2.45, 2.75) is 39.0 Å². The van der Waals surface area contributed by atoms with Crippen LogP contribution < -0.4 is 0 Å². The number of hydrogen-bond donors (Lipinski definition) is 0. The second-order valence-electron chi connectivity index (χ2n) is 5.28. The molecule has 0 unspecified atom stereocenters. The maximum atomic E-state index is 4.30. The van der Waals surface area contributed by atoms with E-state index in [-0.39, 0.29) is 0 Å². The summed E-state index contributed by atoms with van der Waals surface area (Å²) in [7, 11) is 0. The quantitative estimate of drug-likeness (QED) is 0.644. The van der Waals surface area contributed by atoms with Gasteiger partial charge in [-0.2, -0.15) is 0 Å². The molecule has 16 heavy (non-hydrogen) atoms. The molecule has 0 bridgehead atoms. The van der Waals surface area contributed by atoms with E-state index in [1.165, 1.54) is 36.8 Å². The molecule has 0 amide bonds. The van der Waals surface area contributed by atoms with Crippen molar-refractivity contribution in [2.75, 3.05) is 0 Å². The molecule has 1 aliphatic carbocycles. The molecule has 2 rings (SSSR count). The van der Waals surface area contributed by atoms with Gasteiger partial charge in [0.2, 0.25) is 0 Å². The number of benzene rings is 1. The lowest BCUT2D eigenvalue weighted by Gasteiger charge is -2.27. The third kappa shape index (κ3) is 2.98. The molecule has 1 aromatic rings. The van der Waals surface area contributed by atoms with Gasteiger partial charge in [0.25, 0.3) is 0 Å². The highest BCUT2D eigenvalue weighted by atomic mass is 14.3. The molecule has 0 aromatic heterocycles. The third-order valence-electron chi connectivity index (χ3n) is 3.87. The smallest absolute Gasteiger partial charge is 0.00670 e. The normalized spacial score (nSPS) is 25.3. The van der Waals surface area contributed by atoms with Gasteiger partial charge in [-0.05, 0) is 36.7 Å². The van der Waals surface area contributed by atoms with Crippen molar-refractivity contribution in [3.05, 3.63) is 48.0 Å². The summed E-state index contributed by atoms with van der Waals surface area (Å²) in [6.45, 7) is 6.67. The second-order valence-corrected chi connectivity index (χ2v) is 5.28. The molecule has 0 N–H and O–H groups in total. The van der Waals surface area contributed by atoms with Crippen LogP contribution >= 0.6 is 0 Å². The van der Waals surface area contributed by atoms with Crippen molar-refractivity contribution in [2.24, 2.45) is 11.8 Å². The summed E-state index contributed by atoms with van der Waals surface area (Å²) in [4.78, 5) is 0. The Morgan fingerprint density at radius 1 is 1.12 bits per heavy atom. The molecule has 0 spiro atoms. The molecule has 1 saturated carbocycles. The van der Waals surface area contributed by atoms with E-state index in [2.05, 4.69) is 43.8 Å². The summed E-state index contributed by atoms with van der Waals surface area (Å²) in [5, 5.41) is 0. The lowest BCUT2D eigenvalue weighted by atomic mass is 9.78. The van der Waals surface area contributed by atoms with E-state index in [4.69, 9.17) is 0 Å². The summed E-state index contributed by atoms with van der Waals surface area (Å²) in [6.07, 6.45) is 6.55. The first-order chi connectivity index (χ1) is 7.75. The van der Waals surface area contributed by atoms with Crippen LogP contribution in [0.25, 0.3) is 0 Å². The van der Waals surface area contributed by atoms with Crippen molar-refractivity contribution in [1.82, 2.24) is 0 Å². The summed E-state index contributed by atoms with van der Waals surface area (Å²) >= 11 is 0. The molecule has 0 saturated heterocycles. The maximum Gasteiger partial charge on any atom is -0.00670 e. The van der Waals surface area contributed by atoms with Gasteiger partial charge in [0, 0.05) is 0 Å². The summed E-state index contributed by atoms with van der Waals surface area (Å²) in [5.41, 5.74) is 2.85. The van der Waals surface area contributed by atoms with Crippen molar-refractivity contribution in [3.8, 4) is 0 Å². The first kappa shape index (κ1) is 11.4. The lowest BCUT2D eigenvalue weighted by molar-refractivity contribution is 0.318. The number of hydrogen-bond acceptors (Lipinski definition) is 0. The Bertz CT molecular complexity index is 328. The molecule has 0 heterocycles. The molecule has 0 atom stereocenters. The van der Waals surface area contributed by atoms with Crippen molar-refractivity contribution < 1.29 is 0 Å². The van der Waals surface area contributed by atoms with E-state index in [1.807, 2.05) is 0 Å². The Kier molecular flexibility index (Phi) is 3.82. The lowest BCUT2D eigenvalue weighted by Crippen LogP contribution is -2.14. The fourth-order valence-corrected chi connectivity index (χ4v) is 2.67. The largest absolute Gasteiger partial charge is 0.0992 e. The van der Waals surface area contributed by atoms with Gasteiger partial charge >= 0.3 is 0 Å². The SMILES string of the molecule is C=C(Cc1ccccc1)C1CCC(C)CC1. The van der Waals surface area contributed by atoms with Crippen LogP contribution in [0.3, 0.4) is 0 Å². The fourth-order valence-electron chi connectivity index (χ4n) is 2.67. The first-order valence-corrected chi connectivity index (χ1v) is 6.47. The van der Waals surface area contributed by atoms with Gasteiger partial charge in [0.1, 0.15) is 0 Å². The Balaban J connectivity index is 1.89. The molecular weight excluding hydrogens is 192 g/mol. The molecule has 1 aromatic carbocycles. The topological polar surface area (TPSA) is 0 Å². The van der Waals surface area contributed by atoms with Crippen LogP contribution in [-0.4, -0.2) is 0 Å². The van der Waals surface area contributed by atoms with Crippen LogP contribution in [0.4, 0.5) is 0 Å². The highest BCUT2D eigenvalue weighted by molar-refractivity contribution is 5.21. The fraction of sp³-hybridized carbons (Fsp3) is 0.500. The molecule has 0 nitrogen and oxygen atoms in total. The first-order valence-electron chi connectivity index (χ1n) is 6.47. The Labute approximate surface area is 99.4 Å². The van der Waals surface area contributed by atoms with E-state index in [9.17, 15) is 0 Å². The zero-order valence-corrected chi connectivity index (χ0v) is 10.3. The monoisotopic (exact) mass is 214 g/mol. The number of rotatable bonds is 3. The van der Waals surface area contributed by atoms with Gasteiger partial charge in [0.15, 0.2) is 0 Å². The van der Waals surface area contributed by atoms with Crippen LogP contribution in [0.1, 0.15) is 38.2 Å². The van der Waals surface area contributed by atoms with Crippen molar-refractivity contribution in [3.63, 3.8) is 0 Å². The van der Waals surface area contributed by atoms with E-state index < -0.39 is 0 Å². The second kappa shape index (κ2) is 5.34. The average Bonchev–Trinajstić information content (AvgIpc) is 2.31. The third-order valence-corrected chi connectivity index (χ3v) is 3.87. The van der Waals surface area contributed by atoms with Gasteiger partial charge < -0.3 is 0 Å². The van der Waals surface area contributed by atoms with Crippen LogP contribution in [0.2, 0.25) is 0 Å². The van der Waals surface area contributed by atoms with E-state index in [0.717, 1.165) is 18.3 Å². The predicted molar refractivity (Wildman–Crippen MR) is 70.4 cm³/mol. The highest BCUT2D eigenvalue weighted by Gasteiger charge is 2.20. The number of allylic oxidation sites excluding steroid dienone is 1. The molecule has 1 aliphatic rings. The van der Waals surface area contributed by atoms with Crippen molar-refractivity contribution in [1.29, 1.82) is 0 Å². The van der Waals surface area contributed by atoms with Gasteiger partial charge in [-0.3, -0.25) is 0 Å². The maximum absolute atomic E-state index is 4.30. The molecular formula is C16H22. The van der Waals surface area contributed by atoms with Gasteiger partial charge in [-0.25, -0.2) is 0 Å². The molecule has 0 radical (unpaired) electrons. The Hall–Kier alpha value is -1.04. The van der Waals surface area contributed by atoms with Gasteiger partial charge in [-0.1, -0.05) is 62.2 Å². The van der Waals surface area contributed by atoms with Gasteiger partial charge in [0.05, 0.1) is 0 Å². The summed E-state index contributed by atoms with van der Waals surface area (Å²) in [6, 6.07) is 10.7. The summed E-state index contributed by atoms with van der Waals surface area (Å²) in [5.74, 6) is 1.71. The molecule has 1 fully saturated rings. The highest BCUT2D eigenvalue weighted by Crippen LogP contribution is 2.33. The van der Waals surface area contributed by atoms with E-state index >= 15 is 0 Å². The molecule has 0 aliphatic heterocycles. The van der Waals surface area contributed by atoms with Crippen molar-refractivity contribution >= 4 is 0 Å². The molecule has 86 valence electrons. The average molecular weight is 214 g/mol. The minimum absolute atomic E-state index is 0.774. The van der Waals surface area contributed by atoms with E-state index in [0.29, 0.717) is 0 Å². The molecule has 0 heteroatoms. The Morgan fingerprint density at radius 3 is 2.38 bits per heavy atom. The summed E-state index contributed by atoms with van der Waals surface area (Å²) < 4.78 is 0. The minimum atomic E-state index is 0.774. The zero-order chi connectivity index (χ0) is 11.4. The van der Waals surface area contributed by atoms with Crippen LogP contribution in [0.5, 0.6) is 0 Å². The standard InChI is InChI=1S/C16H22/c1-13-8-10-16(11-9-13)14(2)12-15-6-4-3-5-7-15/h3-7,13,16H,2,8-12H2,1H3. The minimum Gasteiger partial charge on any atom is -0.0992 e. The Morgan fingerprint density at radius 2 is 1.75 bits per heavy atom. The van der Waals surface area contributed by atoms with Gasteiger partial charge in [-0.15, -0.1) is 0 Å². The predicted octanol–water partition coefficient (Wildman–Crippen LogP) is 4.61. The van der Waals surface area contributed by atoms with Crippen LogP contribution in [0.15, 0.2) is 42.5 Å². The van der Waals surface area contributed by atoms with E-state index in [1.54, 1.807) is 0 Å². The zero-order valence-electron chi connectivity index (χ0n) is 10.3. The van der Waals surface area contributed by atoms with Crippen LogP contribution in [-0.2, 0) is 6.42 Å².